The fraction of sp³-hybridized carbons (Fsp3) is 0.818. The number of hydrogen-bond acceptors (Lipinski definition) is 3. The van der Waals surface area contributed by atoms with Crippen molar-refractivity contribution in [1.29, 1.82) is 0 Å². The molecule has 2 saturated carbocycles. The van der Waals surface area contributed by atoms with E-state index < -0.39 is 5.41 Å². The summed E-state index contributed by atoms with van der Waals surface area (Å²) in [5, 5.41) is 0. The van der Waals surface area contributed by atoms with Gasteiger partial charge in [-0.3, -0.25) is 9.59 Å². The van der Waals surface area contributed by atoms with Gasteiger partial charge in [0, 0.05) is 0 Å². The van der Waals surface area contributed by atoms with Crippen LogP contribution in [0.25, 0.3) is 0 Å². The number of methoxy groups -OCH3 is 1. The normalized spacial score (nSPS) is 26.1. The molecule has 14 heavy (non-hydrogen) atoms. The van der Waals surface area contributed by atoms with E-state index >= 15 is 0 Å². The van der Waals surface area contributed by atoms with Crippen LogP contribution in [0.3, 0.4) is 0 Å². The third-order valence-corrected chi connectivity index (χ3v) is 4.02. The number of Topliss-reactive ketones (excluding diaryl/α,β-unsaturated/α-hetero) is 1. The first-order valence-corrected chi connectivity index (χ1v) is 5.14. The fourth-order valence-corrected chi connectivity index (χ4v) is 2.99. The van der Waals surface area contributed by atoms with Crippen molar-refractivity contribution < 1.29 is 14.3 Å². The SMILES string of the molecule is COC(=O)C1(C(C)=O)CC2(CCC2)C1. The van der Waals surface area contributed by atoms with Gasteiger partial charge in [0.15, 0.2) is 0 Å². The quantitative estimate of drug-likeness (QED) is 0.498. The van der Waals surface area contributed by atoms with Gasteiger partial charge in [0.1, 0.15) is 11.2 Å². The van der Waals surface area contributed by atoms with Crippen molar-refractivity contribution >= 4 is 11.8 Å². The fourth-order valence-electron chi connectivity index (χ4n) is 2.99. The van der Waals surface area contributed by atoms with Crippen LogP contribution >= 0.6 is 0 Å². The number of carbonyl (C=O) groups is 2. The van der Waals surface area contributed by atoms with Crippen LogP contribution in [0.5, 0.6) is 0 Å². The highest BCUT2D eigenvalue weighted by molar-refractivity contribution is 6.04. The topological polar surface area (TPSA) is 43.4 Å². The third kappa shape index (κ3) is 1.04. The maximum Gasteiger partial charge on any atom is 0.319 e. The summed E-state index contributed by atoms with van der Waals surface area (Å²) in [6.07, 6.45) is 5.05. The average Bonchev–Trinajstić information content (AvgIpc) is 1.98. The van der Waals surface area contributed by atoms with Crippen LogP contribution in [0, 0.1) is 10.8 Å². The lowest BCUT2D eigenvalue weighted by molar-refractivity contribution is -0.181. The van der Waals surface area contributed by atoms with E-state index in [1.54, 1.807) is 0 Å². The highest BCUT2D eigenvalue weighted by atomic mass is 16.5. The second-order valence-corrected chi connectivity index (χ2v) is 4.84. The first-order valence-electron chi connectivity index (χ1n) is 5.14. The third-order valence-electron chi connectivity index (χ3n) is 4.02. The summed E-state index contributed by atoms with van der Waals surface area (Å²) in [7, 11) is 1.36. The average molecular weight is 196 g/mol. The Bertz CT molecular complexity index is 281. The minimum absolute atomic E-state index is 0.0260. The molecule has 2 fully saturated rings. The molecule has 0 aromatic carbocycles. The Morgan fingerprint density at radius 1 is 1.21 bits per heavy atom. The second kappa shape index (κ2) is 2.81. The lowest BCUT2D eigenvalue weighted by Crippen LogP contribution is -2.58. The molecule has 0 bridgehead atoms. The summed E-state index contributed by atoms with van der Waals surface area (Å²) in [6, 6.07) is 0. The number of esters is 1. The van der Waals surface area contributed by atoms with Gasteiger partial charge in [-0.25, -0.2) is 0 Å². The maximum atomic E-state index is 11.5. The van der Waals surface area contributed by atoms with Crippen molar-refractivity contribution in [2.75, 3.05) is 7.11 Å². The van der Waals surface area contributed by atoms with E-state index in [-0.39, 0.29) is 11.8 Å². The summed E-state index contributed by atoms with van der Waals surface area (Å²) < 4.78 is 4.72. The molecule has 2 aliphatic rings. The zero-order valence-corrected chi connectivity index (χ0v) is 8.76. The Labute approximate surface area is 83.8 Å². The molecule has 0 amide bonds. The van der Waals surface area contributed by atoms with E-state index in [9.17, 15) is 9.59 Å². The predicted octanol–water partition coefficient (Wildman–Crippen LogP) is 1.70. The van der Waals surface area contributed by atoms with Crippen molar-refractivity contribution in [3.05, 3.63) is 0 Å². The second-order valence-electron chi connectivity index (χ2n) is 4.84. The summed E-state index contributed by atoms with van der Waals surface area (Å²) in [6.45, 7) is 1.50. The van der Waals surface area contributed by atoms with Crippen LogP contribution in [0.4, 0.5) is 0 Å². The molecule has 0 aliphatic heterocycles. The smallest absolute Gasteiger partial charge is 0.319 e. The van der Waals surface area contributed by atoms with Crippen molar-refractivity contribution in [3.63, 3.8) is 0 Å². The van der Waals surface area contributed by atoms with E-state index in [1.165, 1.54) is 33.3 Å². The Morgan fingerprint density at radius 3 is 2.07 bits per heavy atom. The van der Waals surface area contributed by atoms with E-state index in [4.69, 9.17) is 4.74 Å². The molecular formula is C11H16O3. The molecule has 0 N–H and O–H groups in total. The number of hydrogen-bond donors (Lipinski definition) is 0. The standard InChI is InChI=1S/C11H16O3/c1-8(12)11(9(13)14-2)6-10(7-11)4-3-5-10/h3-7H2,1-2H3. The number of ether oxygens (including phenoxy) is 1. The van der Waals surface area contributed by atoms with Gasteiger partial charge in [-0.2, -0.15) is 0 Å². The van der Waals surface area contributed by atoms with Gasteiger partial charge in [0.2, 0.25) is 0 Å². The Morgan fingerprint density at radius 2 is 1.79 bits per heavy atom. The highest BCUT2D eigenvalue weighted by Gasteiger charge is 2.63. The van der Waals surface area contributed by atoms with E-state index in [0.29, 0.717) is 5.41 Å². The van der Waals surface area contributed by atoms with Gasteiger partial charge in [0.25, 0.3) is 0 Å². The minimum atomic E-state index is -0.783. The van der Waals surface area contributed by atoms with E-state index in [2.05, 4.69) is 0 Å². The molecule has 0 atom stereocenters. The van der Waals surface area contributed by atoms with E-state index in [1.807, 2.05) is 0 Å². The van der Waals surface area contributed by atoms with Crippen molar-refractivity contribution in [2.24, 2.45) is 10.8 Å². The van der Waals surface area contributed by atoms with Gasteiger partial charge < -0.3 is 4.74 Å². The van der Waals surface area contributed by atoms with Gasteiger partial charge in [-0.1, -0.05) is 6.42 Å². The lowest BCUT2D eigenvalue weighted by Gasteiger charge is -2.58. The Balaban J connectivity index is 2.12. The van der Waals surface area contributed by atoms with Crippen LogP contribution in [0.2, 0.25) is 0 Å². The summed E-state index contributed by atoms with van der Waals surface area (Å²) in [4.78, 5) is 23.0. The number of ketones is 1. The monoisotopic (exact) mass is 196 g/mol. The molecule has 0 unspecified atom stereocenters. The molecule has 0 radical (unpaired) electrons. The van der Waals surface area contributed by atoms with Crippen LogP contribution < -0.4 is 0 Å². The van der Waals surface area contributed by atoms with Crippen molar-refractivity contribution in [1.82, 2.24) is 0 Å². The van der Waals surface area contributed by atoms with Gasteiger partial charge >= 0.3 is 5.97 Å². The molecule has 0 saturated heterocycles. The predicted molar refractivity (Wildman–Crippen MR) is 50.6 cm³/mol. The molecular weight excluding hydrogens is 180 g/mol. The van der Waals surface area contributed by atoms with Gasteiger partial charge in [-0.05, 0) is 38.0 Å². The van der Waals surface area contributed by atoms with Gasteiger partial charge in [0.05, 0.1) is 7.11 Å². The molecule has 0 aromatic heterocycles. The molecule has 0 aromatic rings. The summed E-state index contributed by atoms with van der Waals surface area (Å²) in [5.41, 5.74) is -0.463. The first-order chi connectivity index (χ1) is 6.55. The lowest BCUT2D eigenvalue weighted by atomic mass is 9.44. The summed E-state index contributed by atoms with van der Waals surface area (Å²) >= 11 is 0. The molecule has 2 aliphatic carbocycles. The first kappa shape index (κ1) is 9.69. The molecule has 78 valence electrons. The molecule has 0 heterocycles. The van der Waals surface area contributed by atoms with Crippen LogP contribution in [-0.4, -0.2) is 18.9 Å². The molecule has 3 nitrogen and oxygen atoms in total. The maximum absolute atomic E-state index is 11.5. The summed E-state index contributed by atoms with van der Waals surface area (Å²) in [5.74, 6) is -0.357. The minimum Gasteiger partial charge on any atom is -0.468 e. The van der Waals surface area contributed by atoms with Crippen LogP contribution in [0.15, 0.2) is 0 Å². The zero-order chi connectivity index (χ0) is 10.4. The zero-order valence-electron chi connectivity index (χ0n) is 8.76. The van der Waals surface area contributed by atoms with Crippen molar-refractivity contribution in [2.45, 2.75) is 39.0 Å². The molecule has 2 rings (SSSR count). The number of carbonyl (C=O) groups excluding carboxylic acids is 2. The molecule has 3 heteroatoms. The van der Waals surface area contributed by atoms with Crippen LogP contribution in [-0.2, 0) is 14.3 Å². The number of rotatable bonds is 2. The largest absolute Gasteiger partial charge is 0.468 e. The molecule has 1 spiro atoms. The highest BCUT2D eigenvalue weighted by Crippen LogP contribution is 2.65. The van der Waals surface area contributed by atoms with Crippen molar-refractivity contribution in [3.8, 4) is 0 Å². The van der Waals surface area contributed by atoms with Crippen LogP contribution in [0.1, 0.15) is 39.0 Å². The van der Waals surface area contributed by atoms with E-state index in [0.717, 1.165) is 12.8 Å². The Kier molecular flexibility index (Phi) is 1.95. The Hall–Kier alpha value is -0.860. The van der Waals surface area contributed by atoms with Gasteiger partial charge in [-0.15, -0.1) is 0 Å².